The number of rotatable bonds is 3. The highest BCUT2D eigenvalue weighted by Crippen LogP contribution is 2.37. The zero-order valence-electron chi connectivity index (χ0n) is 17.7. The van der Waals surface area contributed by atoms with E-state index in [9.17, 15) is 14.7 Å². The Kier molecular flexibility index (Phi) is 5.23. The van der Waals surface area contributed by atoms with E-state index in [1.807, 2.05) is 42.5 Å². The lowest BCUT2D eigenvalue weighted by atomic mass is 9.91. The van der Waals surface area contributed by atoms with Crippen molar-refractivity contribution < 1.29 is 9.90 Å². The molecule has 0 radical (unpaired) electrons. The maximum atomic E-state index is 13.4. The van der Waals surface area contributed by atoms with Gasteiger partial charge >= 0.3 is 0 Å². The number of aromatic amines is 1. The highest BCUT2D eigenvalue weighted by atomic mass is 35.5. The topological polar surface area (TPSA) is 85.8 Å². The smallest absolute Gasteiger partial charge is 0.258 e. The minimum absolute atomic E-state index is 0.104. The van der Waals surface area contributed by atoms with Crippen molar-refractivity contribution in [2.24, 2.45) is 5.10 Å². The van der Waals surface area contributed by atoms with Gasteiger partial charge in [0.2, 0.25) is 5.91 Å². The van der Waals surface area contributed by atoms with E-state index in [1.165, 1.54) is 11.9 Å². The molecule has 6 nitrogen and oxygen atoms in total. The number of nitrogens with one attached hydrogen (secondary N) is 1. The number of amides is 1. The number of hydrazone groups is 1. The molecular formula is C26H20ClN3O3. The molecule has 1 aliphatic heterocycles. The number of carbonyl (C=O) groups excluding carboxylic acids is 1. The van der Waals surface area contributed by atoms with Crippen LogP contribution in [-0.4, -0.2) is 26.7 Å². The van der Waals surface area contributed by atoms with E-state index in [2.05, 4.69) is 10.1 Å². The number of H-pyrrole nitrogens is 1. The molecule has 1 aliphatic rings. The van der Waals surface area contributed by atoms with Crippen LogP contribution in [0.2, 0.25) is 5.02 Å². The lowest BCUT2D eigenvalue weighted by molar-refractivity contribution is -0.130. The lowest BCUT2D eigenvalue weighted by Gasteiger charge is -2.20. The molecule has 4 aromatic rings. The molecule has 2 N–H and O–H groups in total. The number of hydrogen-bond donors (Lipinski definition) is 2. The first kappa shape index (κ1) is 21.0. The van der Waals surface area contributed by atoms with E-state index in [0.717, 1.165) is 22.1 Å². The number of phenols is 1. The predicted molar refractivity (Wildman–Crippen MR) is 130 cm³/mol. The minimum Gasteiger partial charge on any atom is -0.508 e. The standard InChI is InChI=1S/C26H20ClN3O3/c1-15(31)30-23(17-8-5-9-19(32)12-17)14-22(29-30)25-24(16-6-3-2-4-7-16)20-13-18(27)10-11-21(20)28-26(25)33/h2-13,23,32H,14H2,1H3,(H,28,33)/t23-/m0/s1. The van der Waals surface area contributed by atoms with E-state index in [0.29, 0.717) is 28.2 Å². The summed E-state index contributed by atoms with van der Waals surface area (Å²) in [6.07, 6.45) is 0.331. The molecule has 0 saturated heterocycles. The van der Waals surface area contributed by atoms with Gasteiger partial charge in [-0.25, -0.2) is 5.01 Å². The highest BCUT2D eigenvalue weighted by molar-refractivity contribution is 6.31. The van der Waals surface area contributed by atoms with Gasteiger partial charge in [0.25, 0.3) is 5.56 Å². The van der Waals surface area contributed by atoms with E-state index in [1.54, 1.807) is 30.3 Å². The molecule has 0 unspecified atom stereocenters. The van der Waals surface area contributed by atoms with Gasteiger partial charge < -0.3 is 10.1 Å². The van der Waals surface area contributed by atoms with Gasteiger partial charge in [-0.1, -0.05) is 54.1 Å². The maximum absolute atomic E-state index is 13.4. The van der Waals surface area contributed by atoms with Crippen LogP contribution >= 0.6 is 11.6 Å². The summed E-state index contributed by atoms with van der Waals surface area (Å²) in [6.45, 7) is 1.44. The second kappa shape index (κ2) is 8.22. The molecule has 0 fully saturated rings. The summed E-state index contributed by atoms with van der Waals surface area (Å²) in [6, 6.07) is 21.2. The second-order valence-corrected chi connectivity index (χ2v) is 8.42. The van der Waals surface area contributed by atoms with Crippen molar-refractivity contribution in [3.63, 3.8) is 0 Å². The Balaban J connectivity index is 1.75. The number of phenolic OH excluding ortho intramolecular Hbond substituents is 1. The van der Waals surface area contributed by atoms with Crippen LogP contribution in [0.25, 0.3) is 22.0 Å². The van der Waals surface area contributed by atoms with Gasteiger partial charge in [0.05, 0.1) is 17.3 Å². The summed E-state index contributed by atoms with van der Waals surface area (Å²) in [4.78, 5) is 28.7. The highest BCUT2D eigenvalue weighted by Gasteiger charge is 2.34. The Morgan fingerprint density at radius 2 is 1.85 bits per heavy atom. The van der Waals surface area contributed by atoms with Gasteiger partial charge in [-0.15, -0.1) is 0 Å². The summed E-state index contributed by atoms with van der Waals surface area (Å²) in [5.41, 5.74) is 3.59. The molecule has 1 atom stereocenters. The van der Waals surface area contributed by atoms with Crippen molar-refractivity contribution >= 4 is 34.1 Å². The average Bonchev–Trinajstić information content (AvgIpc) is 3.24. The van der Waals surface area contributed by atoms with Gasteiger partial charge in [0.15, 0.2) is 0 Å². The Hall–Kier alpha value is -3.90. The quantitative estimate of drug-likeness (QED) is 0.440. The summed E-state index contributed by atoms with van der Waals surface area (Å²) in [5.74, 6) is -0.146. The number of benzene rings is 3. The summed E-state index contributed by atoms with van der Waals surface area (Å²) < 4.78 is 0. The van der Waals surface area contributed by atoms with Crippen LogP contribution in [0.1, 0.15) is 30.5 Å². The number of aromatic nitrogens is 1. The Morgan fingerprint density at radius 3 is 2.58 bits per heavy atom. The molecule has 0 spiro atoms. The SMILES string of the molecule is CC(=O)N1N=C(c2c(-c3ccccc3)c3cc(Cl)ccc3[nH]c2=O)C[C@H]1c1cccc(O)c1. The first-order valence-electron chi connectivity index (χ1n) is 10.5. The fourth-order valence-corrected chi connectivity index (χ4v) is 4.56. The van der Waals surface area contributed by atoms with Crippen molar-refractivity contribution in [3.8, 4) is 16.9 Å². The number of carbonyl (C=O) groups is 1. The fourth-order valence-electron chi connectivity index (χ4n) is 4.39. The maximum Gasteiger partial charge on any atom is 0.258 e. The first-order valence-corrected chi connectivity index (χ1v) is 10.9. The Morgan fingerprint density at radius 1 is 1.06 bits per heavy atom. The largest absolute Gasteiger partial charge is 0.508 e. The zero-order valence-corrected chi connectivity index (χ0v) is 18.5. The van der Waals surface area contributed by atoms with Crippen LogP contribution in [0.3, 0.4) is 0 Å². The van der Waals surface area contributed by atoms with Crippen LogP contribution in [0, 0.1) is 0 Å². The van der Waals surface area contributed by atoms with Crippen molar-refractivity contribution in [2.45, 2.75) is 19.4 Å². The molecule has 5 rings (SSSR count). The fraction of sp³-hybridized carbons (Fsp3) is 0.115. The first-order chi connectivity index (χ1) is 15.9. The van der Waals surface area contributed by atoms with Crippen LogP contribution in [0.15, 0.2) is 82.7 Å². The molecule has 164 valence electrons. The minimum atomic E-state index is -0.428. The number of nitrogens with zero attached hydrogens (tertiary/aromatic N) is 2. The second-order valence-electron chi connectivity index (χ2n) is 7.99. The Bertz CT molecular complexity index is 1480. The van der Waals surface area contributed by atoms with Gasteiger partial charge in [-0.05, 0) is 41.5 Å². The van der Waals surface area contributed by atoms with E-state index < -0.39 is 6.04 Å². The van der Waals surface area contributed by atoms with Crippen molar-refractivity contribution in [3.05, 3.63) is 99.3 Å². The lowest BCUT2D eigenvalue weighted by Crippen LogP contribution is -2.24. The number of hydrogen-bond acceptors (Lipinski definition) is 4. The van der Waals surface area contributed by atoms with E-state index >= 15 is 0 Å². The van der Waals surface area contributed by atoms with Crippen LogP contribution in [0.4, 0.5) is 0 Å². The zero-order chi connectivity index (χ0) is 23.1. The molecule has 33 heavy (non-hydrogen) atoms. The van der Waals surface area contributed by atoms with E-state index in [4.69, 9.17) is 11.6 Å². The molecule has 1 aromatic heterocycles. The van der Waals surface area contributed by atoms with Gasteiger partial charge in [-0.3, -0.25) is 9.59 Å². The summed E-state index contributed by atoms with van der Waals surface area (Å²) in [5, 5.41) is 17.3. The number of pyridine rings is 1. The van der Waals surface area contributed by atoms with Gasteiger partial charge in [-0.2, -0.15) is 5.10 Å². The molecule has 3 aromatic carbocycles. The monoisotopic (exact) mass is 457 g/mol. The number of fused-ring (bicyclic) bond motifs is 1. The third kappa shape index (κ3) is 3.79. The normalized spacial score (nSPS) is 15.6. The average molecular weight is 458 g/mol. The molecule has 0 aliphatic carbocycles. The number of halogens is 1. The Labute approximate surface area is 194 Å². The molecule has 0 saturated carbocycles. The van der Waals surface area contributed by atoms with Crippen LogP contribution < -0.4 is 5.56 Å². The van der Waals surface area contributed by atoms with Crippen LogP contribution in [-0.2, 0) is 4.79 Å². The van der Waals surface area contributed by atoms with Crippen molar-refractivity contribution in [2.75, 3.05) is 0 Å². The third-order valence-electron chi connectivity index (χ3n) is 5.82. The van der Waals surface area contributed by atoms with Gasteiger partial charge in [0, 0.05) is 34.8 Å². The number of aromatic hydroxyl groups is 1. The van der Waals surface area contributed by atoms with Crippen molar-refractivity contribution in [1.82, 2.24) is 9.99 Å². The molecule has 2 heterocycles. The van der Waals surface area contributed by atoms with E-state index in [-0.39, 0.29) is 17.2 Å². The van der Waals surface area contributed by atoms with Crippen molar-refractivity contribution in [1.29, 1.82) is 0 Å². The predicted octanol–water partition coefficient (Wildman–Crippen LogP) is 5.25. The van der Waals surface area contributed by atoms with Gasteiger partial charge in [0.1, 0.15) is 5.75 Å². The molecule has 1 amide bonds. The molecular weight excluding hydrogens is 438 g/mol. The van der Waals surface area contributed by atoms with Crippen LogP contribution in [0.5, 0.6) is 5.75 Å². The summed E-state index contributed by atoms with van der Waals surface area (Å²) in [7, 11) is 0. The summed E-state index contributed by atoms with van der Waals surface area (Å²) >= 11 is 6.31. The molecule has 0 bridgehead atoms. The molecule has 7 heteroatoms. The third-order valence-corrected chi connectivity index (χ3v) is 6.05.